The lowest BCUT2D eigenvalue weighted by molar-refractivity contribution is -0.120. The van der Waals surface area contributed by atoms with Gasteiger partial charge in [0, 0.05) is 35.4 Å². The van der Waals surface area contributed by atoms with Crippen LogP contribution in [0.2, 0.25) is 0 Å². The van der Waals surface area contributed by atoms with Crippen LogP contribution in [0.15, 0.2) is 46.3 Å². The maximum Gasteiger partial charge on any atom is 0.227 e. The van der Waals surface area contributed by atoms with Crippen LogP contribution in [-0.2, 0) is 14.6 Å². The number of fused-ring (bicyclic) bond motifs is 1. The molecule has 5 aromatic rings. The highest BCUT2D eigenvalue weighted by atomic mass is 32.2. The van der Waals surface area contributed by atoms with Crippen molar-refractivity contribution in [1.82, 2.24) is 19.7 Å². The van der Waals surface area contributed by atoms with E-state index in [0.717, 1.165) is 35.2 Å². The van der Waals surface area contributed by atoms with E-state index >= 15 is 0 Å². The fourth-order valence-corrected chi connectivity index (χ4v) is 6.44. The van der Waals surface area contributed by atoms with Gasteiger partial charge in [-0.25, -0.2) is 27.2 Å². The van der Waals surface area contributed by atoms with Crippen LogP contribution < -0.4 is 4.90 Å². The number of carbonyl (C=O) groups is 1. The normalized spacial score (nSPS) is 15.6. The van der Waals surface area contributed by atoms with Crippen LogP contribution in [0.3, 0.4) is 0 Å². The SMILES string of the molecule is Cc1noc(C)c1-c1ccc2c(c1)nc([C@@H]1CCCC(=O)N1c1ccc(F)c(F)c1)n2-c1nc(C#CCS(C)(=O)=O)cs1. The minimum atomic E-state index is -3.27. The van der Waals surface area contributed by atoms with Crippen molar-refractivity contribution in [1.29, 1.82) is 0 Å². The van der Waals surface area contributed by atoms with E-state index in [2.05, 4.69) is 22.0 Å². The molecule has 220 valence electrons. The number of imidazole rings is 1. The fourth-order valence-electron chi connectivity index (χ4n) is 5.33. The Hall–Kier alpha value is -4.41. The summed E-state index contributed by atoms with van der Waals surface area (Å²) in [5, 5.41) is 6.29. The lowest BCUT2D eigenvalue weighted by atomic mass is 9.99. The summed E-state index contributed by atoms with van der Waals surface area (Å²) in [7, 11) is -3.27. The van der Waals surface area contributed by atoms with Crippen molar-refractivity contribution in [3.05, 3.63) is 76.4 Å². The monoisotopic (exact) mass is 621 g/mol. The molecule has 0 aliphatic carbocycles. The molecule has 1 atom stereocenters. The number of piperidine rings is 1. The number of hydrogen-bond donors (Lipinski definition) is 0. The molecule has 3 aromatic heterocycles. The molecule has 1 amide bonds. The number of anilines is 1. The van der Waals surface area contributed by atoms with E-state index in [9.17, 15) is 22.0 Å². The summed E-state index contributed by atoms with van der Waals surface area (Å²) in [5.41, 5.74) is 4.39. The number of hydrogen-bond acceptors (Lipinski definition) is 8. The average Bonchev–Trinajstić information content (AvgIpc) is 3.65. The molecule has 1 aliphatic heterocycles. The van der Waals surface area contributed by atoms with Crippen molar-refractivity contribution < 1.29 is 26.5 Å². The third-order valence-corrected chi connectivity index (χ3v) is 8.66. The Balaban J connectivity index is 1.53. The van der Waals surface area contributed by atoms with Gasteiger partial charge in [-0.3, -0.25) is 9.36 Å². The Labute approximate surface area is 250 Å². The summed E-state index contributed by atoms with van der Waals surface area (Å²) < 4.78 is 58.4. The number of carbonyl (C=O) groups excluding carboxylic acids is 1. The Kier molecular flexibility index (Phi) is 7.35. The lowest BCUT2D eigenvalue weighted by Gasteiger charge is -2.35. The van der Waals surface area contributed by atoms with Crippen molar-refractivity contribution in [2.45, 2.75) is 39.2 Å². The first-order valence-electron chi connectivity index (χ1n) is 13.4. The number of nitrogens with zero attached hydrogens (tertiary/aromatic N) is 5. The third-order valence-electron chi connectivity index (χ3n) is 7.16. The Morgan fingerprint density at radius 2 is 1.93 bits per heavy atom. The van der Waals surface area contributed by atoms with Crippen LogP contribution in [-0.4, -0.2) is 46.0 Å². The second-order valence-corrected chi connectivity index (χ2v) is 13.3. The van der Waals surface area contributed by atoms with Gasteiger partial charge in [-0.2, -0.15) is 0 Å². The van der Waals surface area contributed by atoms with E-state index in [0.29, 0.717) is 46.3 Å². The number of thiazole rings is 1. The van der Waals surface area contributed by atoms with Gasteiger partial charge in [-0.1, -0.05) is 17.1 Å². The fraction of sp³-hybridized carbons (Fsp3) is 0.267. The van der Waals surface area contributed by atoms with Crippen LogP contribution in [0, 0.1) is 37.3 Å². The van der Waals surface area contributed by atoms with Gasteiger partial charge in [-0.15, -0.1) is 11.3 Å². The molecule has 0 unspecified atom stereocenters. The van der Waals surface area contributed by atoms with Crippen molar-refractivity contribution in [3.8, 4) is 28.1 Å². The van der Waals surface area contributed by atoms with Gasteiger partial charge in [0.2, 0.25) is 5.91 Å². The van der Waals surface area contributed by atoms with Gasteiger partial charge < -0.3 is 9.42 Å². The lowest BCUT2D eigenvalue weighted by Crippen LogP contribution is -2.39. The second kappa shape index (κ2) is 11.0. The van der Waals surface area contributed by atoms with Crippen molar-refractivity contribution in [2.24, 2.45) is 0 Å². The molecule has 9 nitrogen and oxygen atoms in total. The molecule has 0 spiro atoms. The van der Waals surface area contributed by atoms with Gasteiger partial charge in [0.15, 0.2) is 26.6 Å². The number of benzene rings is 2. The van der Waals surface area contributed by atoms with Gasteiger partial charge >= 0.3 is 0 Å². The predicted molar refractivity (Wildman–Crippen MR) is 159 cm³/mol. The van der Waals surface area contributed by atoms with Crippen LogP contribution in [0.1, 0.15) is 48.3 Å². The number of rotatable bonds is 5. The van der Waals surface area contributed by atoms with Crippen LogP contribution in [0.25, 0.3) is 27.3 Å². The molecule has 1 fully saturated rings. The Morgan fingerprint density at radius 3 is 2.65 bits per heavy atom. The zero-order chi connectivity index (χ0) is 30.5. The first-order valence-corrected chi connectivity index (χ1v) is 16.3. The van der Waals surface area contributed by atoms with Crippen molar-refractivity contribution >= 4 is 43.8 Å². The summed E-state index contributed by atoms with van der Waals surface area (Å²) in [6, 6.07) is 8.54. The first kappa shape index (κ1) is 28.7. The van der Waals surface area contributed by atoms with Crippen LogP contribution >= 0.6 is 11.3 Å². The highest BCUT2D eigenvalue weighted by molar-refractivity contribution is 7.90. The quantitative estimate of drug-likeness (QED) is 0.232. The van der Waals surface area contributed by atoms with E-state index in [1.807, 2.05) is 36.6 Å². The number of aryl methyl sites for hydroxylation is 2. The molecular weight excluding hydrogens is 596 g/mol. The van der Waals surface area contributed by atoms with Gasteiger partial charge in [0.05, 0.1) is 22.8 Å². The van der Waals surface area contributed by atoms with E-state index in [-0.39, 0.29) is 23.8 Å². The number of aromatic nitrogens is 4. The molecule has 4 heterocycles. The van der Waals surface area contributed by atoms with Gasteiger partial charge in [0.25, 0.3) is 0 Å². The largest absolute Gasteiger partial charge is 0.361 e. The maximum absolute atomic E-state index is 14.3. The topological polar surface area (TPSA) is 111 Å². The first-order chi connectivity index (χ1) is 20.5. The smallest absolute Gasteiger partial charge is 0.227 e. The average molecular weight is 622 g/mol. The molecule has 0 saturated carbocycles. The Bertz CT molecular complexity index is 2050. The standard InChI is InChI=1S/C30H25F2N5O4S2/c1-17-28(18(2)41-35-17)19-9-12-25-24(14-19)34-29(37(25)30-33-20(16-42-30)6-5-13-43(3,39)40)26-7-4-8-27(38)36(26)21-10-11-22(31)23(32)15-21/h9-12,14-16,26H,4,7-8,13H2,1-3H3/t26-/m0/s1. The summed E-state index contributed by atoms with van der Waals surface area (Å²) in [4.78, 5) is 24.4. The predicted octanol–water partition coefficient (Wildman–Crippen LogP) is 5.69. The van der Waals surface area contributed by atoms with E-state index in [1.54, 1.807) is 5.38 Å². The summed E-state index contributed by atoms with van der Waals surface area (Å²) in [6.45, 7) is 3.69. The molecule has 13 heteroatoms. The highest BCUT2D eigenvalue weighted by Gasteiger charge is 2.35. The van der Waals surface area contributed by atoms with E-state index in [4.69, 9.17) is 9.51 Å². The molecule has 0 N–H and O–H groups in total. The zero-order valence-electron chi connectivity index (χ0n) is 23.4. The Morgan fingerprint density at radius 1 is 1.12 bits per heavy atom. The molecule has 1 aliphatic rings. The third kappa shape index (κ3) is 5.55. The van der Waals surface area contributed by atoms with Gasteiger partial charge in [-0.05, 0) is 62.4 Å². The summed E-state index contributed by atoms with van der Waals surface area (Å²) in [6.07, 6.45) is 2.47. The molecular formula is C30H25F2N5O4S2. The van der Waals surface area contributed by atoms with Crippen LogP contribution in [0.5, 0.6) is 0 Å². The molecule has 2 aromatic carbocycles. The summed E-state index contributed by atoms with van der Waals surface area (Å²) in [5.74, 6) is 4.02. The number of halogens is 2. The molecule has 0 radical (unpaired) electrons. The molecule has 6 rings (SSSR count). The van der Waals surface area contributed by atoms with Crippen molar-refractivity contribution in [2.75, 3.05) is 16.9 Å². The molecule has 0 bridgehead atoms. The number of sulfone groups is 1. The highest BCUT2D eigenvalue weighted by Crippen LogP contribution is 2.40. The summed E-state index contributed by atoms with van der Waals surface area (Å²) >= 11 is 1.29. The minimum Gasteiger partial charge on any atom is -0.361 e. The zero-order valence-corrected chi connectivity index (χ0v) is 25.0. The number of amides is 1. The van der Waals surface area contributed by atoms with Crippen molar-refractivity contribution in [3.63, 3.8) is 0 Å². The maximum atomic E-state index is 14.3. The van der Waals surface area contributed by atoms with E-state index in [1.165, 1.54) is 22.3 Å². The van der Waals surface area contributed by atoms with E-state index < -0.39 is 27.5 Å². The minimum absolute atomic E-state index is 0.232. The van der Waals surface area contributed by atoms with Crippen LogP contribution in [0.4, 0.5) is 14.5 Å². The van der Waals surface area contributed by atoms with Gasteiger partial charge in [0.1, 0.15) is 23.0 Å². The molecule has 1 saturated heterocycles. The molecule has 43 heavy (non-hydrogen) atoms. The second-order valence-electron chi connectivity index (χ2n) is 10.4.